The van der Waals surface area contributed by atoms with E-state index in [2.05, 4.69) is 152 Å². The first-order chi connectivity index (χ1) is 22.2. The van der Waals surface area contributed by atoms with E-state index in [1.807, 2.05) is 30.6 Å². The van der Waals surface area contributed by atoms with Crippen LogP contribution in [0.4, 0.5) is 5.69 Å². The third-order valence-corrected chi connectivity index (χ3v) is 9.65. The van der Waals surface area contributed by atoms with E-state index in [1.54, 1.807) is 0 Å². The molecule has 0 saturated carbocycles. The van der Waals surface area contributed by atoms with Gasteiger partial charge in [-0.15, -0.1) is 0 Å². The van der Waals surface area contributed by atoms with Crippen LogP contribution in [-0.2, 0) is 12.8 Å². The van der Waals surface area contributed by atoms with Crippen LogP contribution in [0.1, 0.15) is 91.3 Å². The SMILES string of the molecule is CC(C)(C)C1=C(CCc2ccncc2)C(N=Nc2ccccc2)(C(C)(C)C)C(c2ccccc2)C(C(C)(C)C)=C1Cc1ccccc1. The molecule has 2 atom stereocenters. The second-order valence-electron chi connectivity index (χ2n) is 16.2. The highest BCUT2D eigenvalue weighted by atomic mass is 15.2. The maximum Gasteiger partial charge on any atom is 0.119 e. The topological polar surface area (TPSA) is 37.6 Å². The molecule has 1 heterocycles. The molecule has 1 aliphatic rings. The van der Waals surface area contributed by atoms with Crippen molar-refractivity contribution in [2.45, 2.75) is 93.0 Å². The molecular formula is C44H53N3. The van der Waals surface area contributed by atoms with Crippen molar-refractivity contribution in [1.82, 2.24) is 4.98 Å². The van der Waals surface area contributed by atoms with Crippen LogP contribution in [0.5, 0.6) is 0 Å². The minimum absolute atomic E-state index is 0.0200. The summed E-state index contributed by atoms with van der Waals surface area (Å²) in [6, 6.07) is 36.7. The summed E-state index contributed by atoms with van der Waals surface area (Å²) in [5.74, 6) is -0.0200. The van der Waals surface area contributed by atoms with Gasteiger partial charge in [0, 0.05) is 18.3 Å². The highest BCUT2D eigenvalue weighted by Gasteiger charge is 2.59. The van der Waals surface area contributed by atoms with Gasteiger partial charge in [-0.2, -0.15) is 10.2 Å². The highest BCUT2D eigenvalue weighted by molar-refractivity contribution is 5.61. The summed E-state index contributed by atoms with van der Waals surface area (Å²) in [5.41, 5.74) is 9.33. The first-order valence-corrected chi connectivity index (χ1v) is 17.2. The van der Waals surface area contributed by atoms with Crippen LogP contribution in [-0.4, -0.2) is 10.5 Å². The molecular weight excluding hydrogens is 571 g/mol. The number of aryl methyl sites for hydroxylation is 1. The highest BCUT2D eigenvalue weighted by Crippen LogP contribution is 2.63. The molecule has 3 heteroatoms. The molecule has 3 nitrogen and oxygen atoms in total. The van der Waals surface area contributed by atoms with Crippen molar-refractivity contribution < 1.29 is 0 Å². The van der Waals surface area contributed by atoms with Crippen molar-refractivity contribution in [3.8, 4) is 0 Å². The molecule has 3 aromatic carbocycles. The van der Waals surface area contributed by atoms with Crippen LogP contribution >= 0.6 is 0 Å². The molecule has 1 aromatic heterocycles. The smallest absolute Gasteiger partial charge is 0.119 e. The largest absolute Gasteiger partial charge is 0.265 e. The molecule has 0 bridgehead atoms. The molecule has 0 amide bonds. The van der Waals surface area contributed by atoms with Gasteiger partial charge in [0.1, 0.15) is 5.54 Å². The van der Waals surface area contributed by atoms with E-state index in [4.69, 9.17) is 10.2 Å². The minimum Gasteiger partial charge on any atom is -0.265 e. The van der Waals surface area contributed by atoms with Crippen LogP contribution in [0.3, 0.4) is 0 Å². The van der Waals surface area contributed by atoms with E-state index in [1.165, 1.54) is 39.0 Å². The Morgan fingerprint density at radius 2 is 1.17 bits per heavy atom. The average molecular weight is 624 g/mol. The number of pyridine rings is 1. The summed E-state index contributed by atoms with van der Waals surface area (Å²) >= 11 is 0. The average Bonchev–Trinajstić information content (AvgIpc) is 3.03. The van der Waals surface area contributed by atoms with Crippen LogP contribution in [0.25, 0.3) is 0 Å². The predicted molar refractivity (Wildman–Crippen MR) is 198 cm³/mol. The fourth-order valence-electron chi connectivity index (χ4n) is 7.81. The molecule has 0 fully saturated rings. The zero-order valence-electron chi connectivity index (χ0n) is 30.0. The second-order valence-corrected chi connectivity index (χ2v) is 16.2. The Hall–Kier alpha value is -4.11. The summed E-state index contributed by atoms with van der Waals surface area (Å²) in [7, 11) is 0. The Morgan fingerprint density at radius 1 is 0.617 bits per heavy atom. The van der Waals surface area contributed by atoms with Crippen LogP contribution in [0.15, 0.2) is 148 Å². The number of hydrogen-bond donors (Lipinski definition) is 0. The van der Waals surface area contributed by atoms with Crippen molar-refractivity contribution in [3.63, 3.8) is 0 Å². The van der Waals surface area contributed by atoms with Crippen LogP contribution in [0, 0.1) is 16.2 Å². The molecule has 5 rings (SSSR count). The number of aromatic nitrogens is 1. The van der Waals surface area contributed by atoms with E-state index in [0.29, 0.717) is 0 Å². The Bertz CT molecular complexity index is 1710. The lowest BCUT2D eigenvalue weighted by Crippen LogP contribution is -2.53. The summed E-state index contributed by atoms with van der Waals surface area (Å²) < 4.78 is 0. The minimum atomic E-state index is -0.664. The van der Waals surface area contributed by atoms with Gasteiger partial charge in [0.15, 0.2) is 0 Å². The molecule has 0 aliphatic heterocycles. The summed E-state index contributed by atoms with van der Waals surface area (Å²) in [6.07, 6.45) is 6.47. The number of benzene rings is 3. The zero-order valence-corrected chi connectivity index (χ0v) is 30.0. The van der Waals surface area contributed by atoms with Gasteiger partial charge in [0.25, 0.3) is 0 Å². The van der Waals surface area contributed by atoms with Gasteiger partial charge >= 0.3 is 0 Å². The Labute approximate surface area is 284 Å². The molecule has 1 aliphatic carbocycles. The zero-order chi connectivity index (χ0) is 33.9. The van der Waals surface area contributed by atoms with E-state index < -0.39 is 5.54 Å². The van der Waals surface area contributed by atoms with Crippen molar-refractivity contribution in [1.29, 1.82) is 0 Å². The Balaban J connectivity index is 1.96. The number of allylic oxidation sites excluding steroid dienone is 2. The monoisotopic (exact) mass is 623 g/mol. The number of nitrogens with zero attached hydrogens (tertiary/aromatic N) is 3. The molecule has 0 radical (unpaired) electrons. The van der Waals surface area contributed by atoms with E-state index in [9.17, 15) is 0 Å². The maximum atomic E-state index is 5.70. The van der Waals surface area contributed by atoms with Gasteiger partial charge in [-0.25, -0.2) is 0 Å². The third kappa shape index (κ3) is 7.25. The first-order valence-electron chi connectivity index (χ1n) is 17.2. The molecule has 0 spiro atoms. The third-order valence-electron chi connectivity index (χ3n) is 9.65. The Morgan fingerprint density at radius 3 is 1.70 bits per heavy atom. The molecule has 244 valence electrons. The van der Waals surface area contributed by atoms with E-state index >= 15 is 0 Å². The van der Waals surface area contributed by atoms with Gasteiger partial charge in [-0.1, -0.05) is 147 Å². The maximum absolute atomic E-state index is 5.70. The quantitative estimate of drug-likeness (QED) is 0.180. The fourth-order valence-corrected chi connectivity index (χ4v) is 7.81. The lowest BCUT2D eigenvalue weighted by Gasteiger charge is -2.56. The predicted octanol–water partition coefficient (Wildman–Crippen LogP) is 12.3. The number of azo groups is 1. The van der Waals surface area contributed by atoms with Crippen molar-refractivity contribution >= 4 is 5.69 Å². The number of rotatable bonds is 8. The summed E-state index contributed by atoms with van der Waals surface area (Å²) in [5, 5.41) is 10.8. The standard InChI is InChI=1S/C44H53N3/c1-41(2,3)39-36(31-33-19-13-10-14-20-33)40(42(4,5)6)38(34-21-15-11-16-22-34)44(43(7,8)9,47-46-35-23-17-12-18-24-35)37(39)26-25-32-27-29-45-30-28-32/h10-24,27-30,38H,25-26,31H2,1-9H3. The second kappa shape index (κ2) is 13.6. The van der Waals surface area contributed by atoms with Crippen molar-refractivity contribution in [2.75, 3.05) is 0 Å². The van der Waals surface area contributed by atoms with Gasteiger partial charge in [-0.3, -0.25) is 4.98 Å². The number of hydrogen-bond acceptors (Lipinski definition) is 3. The lowest BCUT2D eigenvalue weighted by molar-refractivity contribution is 0.170. The normalized spacial score (nSPS) is 19.5. The van der Waals surface area contributed by atoms with Gasteiger partial charge in [0.05, 0.1) is 5.69 Å². The summed E-state index contributed by atoms with van der Waals surface area (Å²) in [6.45, 7) is 21.5. The van der Waals surface area contributed by atoms with Crippen LogP contribution < -0.4 is 0 Å². The van der Waals surface area contributed by atoms with Crippen LogP contribution in [0.2, 0.25) is 0 Å². The lowest BCUT2D eigenvalue weighted by atomic mass is 9.49. The Kier molecular flexibility index (Phi) is 9.87. The first kappa shape index (κ1) is 34.2. The van der Waals surface area contributed by atoms with Crippen molar-refractivity contribution in [3.05, 3.63) is 155 Å². The molecule has 0 saturated heterocycles. The fraction of sp³-hybridized carbons (Fsp3) is 0.386. The van der Waals surface area contributed by atoms with Crippen molar-refractivity contribution in [2.24, 2.45) is 26.5 Å². The van der Waals surface area contributed by atoms with Gasteiger partial charge < -0.3 is 0 Å². The molecule has 4 aromatic rings. The molecule has 0 N–H and O–H groups in total. The van der Waals surface area contributed by atoms with E-state index in [-0.39, 0.29) is 22.2 Å². The molecule has 2 unspecified atom stereocenters. The van der Waals surface area contributed by atoms with E-state index in [0.717, 1.165) is 24.9 Å². The molecule has 47 heavy (non-hydrogen) atoms. The summed E-state index contributed by atoms with van der Waals surface area (Å²) in [4.78, 5) is 4.32. The van der Waals surface area contributed by atoms with Gasteiger partial charge in [-0.05, 0) is 93.2 Å². The van der Waals surface area contributed by atoms with Gasteiger partial charge in [0.2, 0.25) is 0 Å².